The van der Waals surface area contributed by atoms with E-state index in [0.717, 1.165) is 6.26 Å². The van der Waals surface area contributed by atoms with Gasteiger partial charge in [0.15, 0.2) is 0 Å². The molecular formula is C13H24N2O5S. The molecule has 1 aliphatic rings. The number of piperidine rings is 1. The van der Waals surface area contributed by atoms with Crippen LogP contribution in [0.5, 0.6) is 0 Å². The summed E-state index contributed by atoms with van der Waals surface area (Å²) in [5.41, 5.74) is 0. The summed E-state index contributed by atoms with van der Waals surface area (Å²) in [5.74, 6) is -2.11. The molecule has 0 aromatic heterocycles. The lowest BCUT2D eigenvalue weighted by Crippen LogP contribution is -2.51. The van der Waals surface area contributed by atoms with Crippen LogP contribution >= 0.6 is 0 Å². The number of carbonyl (C=O) groups is 2. The number of sulfonamides is 1. The average Bonchev–Trinajstić information content (AvgIpc) is 2.42. The molecule has 3 unspecified atom stereocenters. The van der Waals surface area contributed by atoms with Crippen molar-refractivity contribution in [1.29, 1.82) is 0 Å². The molecule has 2 N–H and O–H groups in total. The third-order valence-corrected chi connectivity index (χ3v) is 5.27. The van der Waals surface area contributed by atoms with Gasteiger partial charge in [-0.05, 0) is 18.8 Å². The highest BCUT2D eigenvalue weighted by Crippen LogP contribution is 2.19. The lowest BCUT2D eigenvalue weighted by atomic mass is 9.95. The van der Waals surface area contributed by atoms with Gasteiger partial charge in [0.1, 0.15) is 6.04 Å². The van der Waals surface area contributed by atoms with Gasteiger partial charge in [0.05, 0.1) is 12.2 Å². The van der Waals surface area contributed by atoms with Crippen molar-refractivity contribution in [2.45, 2.75) is 39.2 Å². The summed E-state index contributed by atoms with van der Waals surface area (Å²) in [6.07, 6.45) is 2.93. The molecule has 0 bridgehead atoms. The number of rotatable bonds is 6. The number of carboxylic acid groups (broad SMARTS) is 1. The first-order valence-corrected chi connectivity index (χ1v) is 9.00. The van der Waals surface area contributed by atoms with Crippen molar-refractivity contribution < 1.29 is 23.1 Å². The van der Waals surface area contributed by atoms with E-state index in [2.05, 4.69) is 5.32 Å². The molecule has 0 aromatic carbocycles. The highest BCUT2D eigenvalue weighted by molar-refractivity contribution is 7.88. The van der Waals surface area contributed by atoms with Gasteiger partial charge in [-0.2, -0.15) is 0 Å². The van der Waals surface area contributed by atoms with Crippen LogP contribution in [0.15, 0.2) is 0 Å². The molecule has 0 aliphatic carbocycles. The van der Waals surface area contributed by atoms with Crippen LogP contribution in [0.4, 0.5) is 0 Å². The van der Waals surface area contributed by atoms with Crippen molar-refractivity contribution in [3.05, 3.63) is 0 Å². The van der Waals surface area contributed by atoms with Gasteiger partial charge in [-0.3, -0.25) is 4.79 Å². The summed E-state index contributed by atoms with van der Waals surface area (Å²) >= 11 is 0. The molecular weight excluding hydrogens is 296 g/mol. The zero-order valence-electron chi connectivity index (χ0n) is 12.7. The van der Waals surface area contributed by atoms with Gasteiger partial charge in [-0.15, -0.1) is 0 Å². The van der Waals surface area contributed by atoms with E-state index in [-0.39, 0.29) is 18.4 Å². The largest absolute Gasteiger partial charge is 0.480 e. The summed E-state index contributed by atoms with van der Waals surface area (Å²) in [5, 5.41) is 11.7. The highest BCUT2D eigenvalue weighted by atomic mass is 32.2. The van der Waals surface area contributed by atoms with E-state index in [1.807, 2.05) is 6.92 Å². The van der Waals surface area contributed by atoms with Crippen molar-refractivity contribution in [2.75, 3.05) is 19.3 Å². The Labute approximate surface area is 125 Å². The normalized spacial score (nSPS) is 23.3. The fourth-order valence-electron chi connectivity index (χ4n) is 2.41. The number of hydrogen-bond acceptors (Lipinski definition) is 4. The number of nitrogens with zero attached hydrogens (tertiary/aromatic N) is 1. The molecule has 1 rings (SSSR count). The maximum atomic E-state index is 12.2. The van der Waals surface area contributed by atoms with Crippen molar-refractivity contribution >= 4 is 21.9 Å². The van der Waals surface area contributed by atoms with E-state index in [1.54, 1.807) is 6.92 Å². The van der Waals surface area contributed by atoms with Crippen LogP contribution in [-0.2, 0) is 19.6 Å². The number of aliphatic carboxylic acids is 1. The van der Waals surface area contributed by atoms with Crippen LogP contribution in [0.25, 0.3) is 0 Å². The van der Waals surface area contributed by atoms with Gasteiger partial charge in [0.2, 0.25) is 15.9 Å². The van der Waals surface area contributed by atoms with Gasteiger partial charge in [-0.1, -0.05) is 20.3 Å². The van der Waals surface area contributed by atoms with Crippen LogP contribution < -0.4 is 5.32 Å². The molecule has 1 amide bonds. The molecule has 0 radical (unpaired) electrons. The Hall–Kier alpha value is -1.15. The molecule has 3 atom stereocenters. The summed E-state index contributed by atoms with van der Waals surface area (Å²) in [7, 11) is -3.32. The minimum atomic E-state index is -3.32. The topological polar surface area (TPSA) is 104 Å². The fourth-order valence-corrected chi connectivity index (χ4v) is 3.32. The van der Waals surface area contributed by atoms with E-state index in [9.17, 15) is 23.1 Å². The second kappa shape index (κ2) is 7.22. The zero-order valence-corrected chi connectivity index (χ0v) is 13.5. The summed E-state index contributed by atoms with van der Waals surface area (Å²) in [6, 6.07) is -0.934. The monoisotopic (exact) mass is 320 g/mol. The molecule has 122 valence electrons. The Bertz CT molecular complexity index is 491. The van der Waals surface area contributed by atoms with Gasteiger partial charge in [0.25, 0.3) is 0 Å². The lowest BCUT2D eigenvalue weighted by molar-refractivity contribution is -0.144. The minimum Gasteiger partial charge on any atom is -0.480 e. The van der Waals surface area contributed by atoms with Crippen molar-refractivity contribution in [3.8, 4) is 0 Å². The summed E-state index contributed by atoms with van der Waals surface area (Å²) < 4.78 is 24.4. The Morgan fingerprint density at radius 2 is 2.05 bits per heavy atom. The van der Waals surface area contributed by atoms with Crippen LogP contribution in [0, 0.1) is 11.8 Å². The Balaban J connectivity index is 2.72. The fraction of sp³-hybridized carbons (Fsp3) is 0.846. The SMILES string of the molecule is CCC(C)C(NC(=O)C1CCCN(S(C)(=O)=O)C1)C(=O)O. The lowest BCUT2D eigenvalue weighted by Gasteiger charge is -2.31. The van der Waals surface area contributed by atoms with E-state index in [4.69, 9.17) is 0 Å². The van der Waals surface area contributed by atoms with E-state index in [1.165, 1.54) is 4.31 Å². The van der Waals surface area contributed by atoms with Gasteiger partial charge < -0.3 is 10.4 Å². The van der Waals surface area contributed by atoms with Crippen molar-refractivity contribution in [2.24, 2.45) is 11.8 Å². The second-order valence-electron chi connectivity index (χ2n) is 5.67. The smallest absolute Gasteiger partial charge is 0.326 e. The van der Waals surface area contributed by atoms with Gasteiger partial charge in [0, 0.05) is 13.1 Å². The maximum absolute atomic E-state index is 12.2. The molecule has 1 saturated heterocycles. The molecule has 1 aliphatic heterocycles. The first-order valence-electron chi connectivity index (χ1n) is 7.15. The highest BCUT2D eigenvalue weighted by Gasteiger charge is 2.33. The third-order valence-electron chi connectivity index (χ3n) is 4.00. The third kappa shape index (κ3) is 4.96. The second-order valence-corrected chi connectivity index (χ2v) is 7.65. The van der Waals surface area contributed by atoms with Crippen LogP contribution in [0.3, 0.4) is 0 Å². The van der Waals surface area contributed by atoms with Crippen LogP contribution in [0.1, 0.15) is 33.1 Å². The van der Waals surface area contributed by atoms with E-state index >= 15 is 0 Å². The quantitative estimate of drug-likeness (QED) is 0.731. The molecule has 1 fully saturated rings. The Morgan fingerprint density at radius 1 is 1.43 bits per heavy atom. The first kappa shape index (κ1) is 17.9. The summed E-state index contributed by atoms with van der Waals surface area (Å²) in [4.78, 5) is 23.4. The van der Waals surface area contributed by atoms with E-state index < -0.39 is 28.0 Å². The maximum Gasteiger partial charge on any atom is 0.326 e. The molecule has 1 heterocycles. The Kier molecular flexibility index (Phi) is 6.15. The van der Waals surface area contributed by atoms with Gasteiger partial charge in [-0.25, -0.2) is 17.5 Å². The number of amides is 1. The predicted molar refractivity (Wildman–Crippen MR) is 78.2 cm³/mol. The number of hydrogen-bond donors (Lipinski definition) is 2. The zero-order chi connectivity index (χ0) is 16.2. The number of nitrogens with one attached hydrogen (secondary N) is 1. The molecule has 7 nitrogen and oxygen atoms in total. The van der Waals surface area contributed by atoms with Crippen LogP contribution in [-0.4, -0.2) is 55.1 Å². The summed E-state index contributed by atoms with van der Waals surface area (Å²) in [6.45, 7) is 4.16. The molecule has 21 heavy (non-hydrogen) atoms. The average molecular weight is 320 g/mol. The van der Waals surface area contributed by atoms with E-state index in [0.29, 0.717) is 25.8 Å². The van der Waals surface area contributed by atoms with Crippen molar-refractivity contribution in [3.63, 3.8) is 0 Å². The molecule has 0 aromatic rings. The predicted octanol–water partition coefficient (Wildman–Crippen LogP) is 0.274. The first-order chi connectivity index (χ1) is 9.66. The molecule has 8 heteroatoms. The van der Waals surface area contributed by atoms with Crippen molar-refractivity contribution in [1.82, 2.24) is 9.62 Å². The van der Waals surface area contributed by atoms with Crippen LogP contribution in [0.2, 0.25) is 0 Å². The number of carboxylic acids is 1. The number of carbonyl (C=O) groups excluding carboxylic acids is 1. The Morgan fingerprint density at radius 3 is 2.52 bits per heavy atom. The molecule has 0 saturated carbocycles. The van der Waals surface area contributed by atoms with Gasteiger partial charge >= 0.3 is 5.97 Å². The standard InChI is InChI=1S/C13H24N2O5S/c1-4-9(2)11(13(17)18)14-12(16)10-6-5-7-15(8-10)21(3,19)20/h9-11H,4-8H2,1-3H3,(H,14,16)(H,17,18). The minimum absolute atomic E-state index is 0.123. The molecule has 0 spiro atoms.